The fourth-order valence-electron chi connectivity index (χ4n) is 1.70. The van der Waals surface area contributed by atoms with Crippen molar-refractivity contribution in [3.63, 3.8) is 0 Å². The van der Waals surface area contributed by atoms with Crippen LogP contribution in [0.1, 0.15) is 33.3 Å². The summed E-state index contributed by atoms with van der Waals surface area (Å²) in [5, 5.41) is 13.7. The van der Waals surface area contributed by atoms with Gasteiger partial charge in [0, 0.05) is 24.3 Å². The molecule has 0 amide bonds. The van der Waals surface area contributed by atoms with Gasteiger partial charge in [-0.15, -0.1) is 0 Å². The van der Waals surface area contributed by atoms with Crippen LogP contribution >= 0.6 is 11.6 Å². The van der Waals surface area contributed by atoms with Crippen LogP contribution in [0, 0.1) is 0 Å². The van der Waals surface area contributed by atoms with Crippen molar-refractivity contribution in [3.05, 3.63) is 28.8 Å². The van der Waals surface area contributed by atoms with Crippen molar-refractivity contribution >= 4 is 11.6 Å². The summed E-state index contributed by atoms with van der Waals surface area (Å²) in [6.45, 7) is 9.84. The average molecular weight is 316 g/mol. The zero-order chi connectivity index (χ0) is 15.9. The van der Waals surface area contributed by atoms with Gasteiger partial charge in [0.25, 0.3) is 0 Å². The molecule has 1 aromatic carbocycles. The van der Waals surface area contributed by atoms with Gasteiger partial charge in [-0.2, -0.15) is 0 Å². The van der Waals surface area contributed by atoms with Gasteiger partial charge >= 0.3 is 0 Å². The summed E-state index contributed by atoms with van der Waals surface area (Å²) in [6.07, 6.45) is -0.662. The van der Waals surface area contributed by atoms with Gasteiger partial charge in [0.1, 0.15) is 18.5 Å². The molecule has 2 N–H and O–H groups in total. The maximum absolute atomic E-state index is 9.77. The number of aliphatic hydroxyl groups excluding tert-OH is 1. The zero-order valence-corrected chi connectivity index (χ0v) is 14.0. The van der Waals surface area contributed by atoms with E-state index in [1.54, 1.807) is 6.07 Å². The molecule has 21 heavy (non-hydrogen) atoms. The molecular formula is C16H26ClNO3. The molecule has 0 aromatic heterocycles. The molecule has 4 nitrogen and oxygen atoms in total. The fraction of sp³-hybridized carbons (Fsp3) is 0.625. The number of nitrogens with one attached hydrogen (secondary N) is 1. The number of benzene rings is 1. The molecule has 0 aliphatic carbocycles. The first-order valence-corrected chi connectivity index (χ1v) is 7.62. The summed E-state index contributed by atoms with van der Waals surface area (Å²) in [6, 6.07) is 5.65. The third-order valence-electron chi connectivity index (χ3n) is 2.79. The molecule has 0 saturated heterocycles. The zero-order valence-electron chi connectivity index (χ0n) is 13.3. The standard InChI is InChI=1S/C16H26ClNO3/c1-5-20-10-13(19)11-21-15-12(7-6-8-14(15)17)9-18-16(2,3)4/h6-8,13,18-19H,5,9-11H2,1-4H3. The Bertz CT molecular complexity index is 432. The van der Waals surface area contributed by atoms with Crippen molar-refractivity contribution in [1.29, 1.82) is 0 Å². The molecule has 0 aliphatic rings. The Labute approximate surface area is 132 Å². The molecule has 5 heteroatoms. The van der Waals surface area contributed by atoms with Gasteiger partial charge in [0.05, 0.1) is 11.6 Å². The van der Waals surface area contributed by atoms with E-state index in [9.17, 15) is 5.11 Å². The van der Waals surface area contributed by atoms with E-state index in [0.29, 0.717) is 23.9 Å². The van der Waals surface area contributed by atoms with Crippen LogP contribution in [0.5, 0.6) is 5.75 Å². The van der Waals surface area contributed by atoms with E-state index in [2.05, 4.69) is 26.1 Å². The lowest BCUT2D eigenvalue weighted by atomic mass is 10.1. The highest BCUT2D eigenvalue weighted by atomic mass is 35.5. The van der Waals surface area contributed by atoms with E-state index >= 15 is 0 Å². The van der Waals surface area contributed by atoms with Gasteiger partial charge in [-0.25, -0.2) is 0 Å². The van der Waals surface area contributed by atoms with Gasteiger partial charge in [-0.05, 0) is 33.8 Å². The minimum Gasteiger partial charge on any atom is -0.489 e. The van der Waals surface area contributed by atoms with Gasteiger partial charge < -0.3 is 19.9 Å². The van der Waals surface area contributed by atoms with Crippen LogP contribution in [0.2, 0.25) is 5.02 Å². The Balaban J connectivity index is 2.67. The minimum absolute atomic E-state index is 0.00800. The fourth-order valence-corrected chi connectivity index (χ4v) is 1.94. The van der Waals surface area contributed by atoms with Crippen LogP contribution in [0.4, 0.5) is 0 Å². The second-order valence-corrected chi connectivity index (χ2v) is 6.36. The number of para-hydroxylation sites is 1. The molecule has 0 saturated carbocycles. The Morgan fingerprint density at radius 1 is 1.29 bits per heavy atom. The second kappa shape index (κ2) is 8.59. The molecule has 1 unspecified atom stereocenters. The highest BCUT2D eigenvalue weighted by molar-refractivity contribution is 6.32. The highest BCUT2D eigenvalue weighted by Crippen LogP contribution is 2.29. The van der Waals surface area contributed by atoms with Crippen LogP contribution in [0.15, 0.2) is 18.2 Å². The van der Waals surface area contributed by atoms with Gasteiger partial charge in [0.15, 0.2) is 0 Å². The molecule has 1 rings (SSSR count). The van der Waals surface area contributed by atoms with Gasteiger partial charge in [-0.3, -0.25) is 0 Å². The monoisotopic (exact) mass is 315 g/mol. The molecular weight excluding hydrogens is 290 g/mol. The van der Waals surface area contributed by atoms with Crippen LogP contribution in [-0.4, -0.2) is 36.6 Å². The molecule has 0 bridgehead atoms. The van der Waals surface area contributed by atoms with Crippen LogP contribution in [-0.2, 0) is 11.3 Å². The lowest BCUT2D eigenvalue weighted by molar-refractivity contribution is 0.0162. The normalized spacial score (nSPS) is 13.2. The molecule has 1 atom stereocenters. The molecule has 0 spiro atoms. The number of aliphatic hydroxyl groups is 1. The van der Waals surface area contributed by atoms with E-state index < -0.39 is 6.10 Å². The maximum atomic E-state index is 9.77. The Kier molecular flexibility index (Phi) is 7.46. The number of rotatable bonds is 8. The summed E-state index contributed by atoms with van der Waals surface area (Å²) < 4.78 is 10.9. The SMILES string of the molecule is CCOCC(O)COc1c(Cl)cccc1CNC(C)(C)C. The van der Waals surface area contributed by atoms with Gasteiger partial charge in [-0.1, -0.05) is 23.7 Å². The number of halogens is 1. The summed E-state index contributed by atoms with van der Waals surface area (Å²) in [7, 11) is 0. The smallest absolute Gasteiger partial charge is 0.142 e. The molecule has 0 heterocycles. The van der Waals surface area contributed by atoms with Gasteiger partial charge in [0.2, 0.25) is 0 Å². The minimum atomic E-state index is -0.662. The summed E-state index contributed by atoms with van der Waals surface area (Å²) in [5.41, 5.74) is 0.981. The first kappa shape index (κ1) is 18.2. The predicted molar refractivity (Wildman–Crippen MR) is 86.0 cm³/mol. The third kappa shape index (κ3) is 7.14. The van der Waals surface area contributed by atoms with Crippen molar-refractivity contribution in [2.75, 3.05) is 19.8 Å². The Morgan fingerprint density at radius 3 is 2.62 bits per heavy atom. The number of ether oxygens (including phenoxy) is 2. The van der Waals surface area contributed by atoms with E-state index in [4.69, 9.17) is 21.1 Å². The first-order valence-electron chi connectivity index (χ1n) is 7.24. The Hall–Kier alpha value is -0.810. The van der Waals surface area contributed by atoms with Crippen molar-refractivity contribution in [2.45, 2.75) is 45.9 Å². The molecule has 1 aromatic rings. The summed E-state index contributed by atoms with van der Waals surface area (Å²) in [4.78, 5) is 0. The molecule has 0 aliphatic heterocycles. The number of hydrogen-bond acceptors (Lipinski definition) is 4. The maximum Gasteiger partial charge on any atom is 0.142 e. The first-order chi connectivity index (χ1) is 9.83. The summed E-state index contributed by atoms with van der Waals surface area (Å²) in [5.74, 6) is 0.617. The quantitative estimate of drug-likeness (QED) is 0.774. The van der Waals surface area contributed by atoms with Crippen LogP contribution < -0.4 is 10.1 Å². The lowest BCUT2D eigenvalue weighted by Gasteiger charge is -2.22. The third-order valence-corrected chi connectivity index (χ3v) is 3.09. The van der Waals surface area contributed by atoms with Crippen molar-refractivity contribution in [1.82, 2.24) is 5.32 Å². The predicted octanol–water partition coefficient (Wildman–Crippen LogP) is 3.00. The van der Waals surface area contributed by atoms with E-state index in [0.717, 1.165) is 5.56 Å². The van der Waals surface area contributed by atoms with E-state index in [1.807, 2.05) is 19.1 Å². The molecule has 0 radical (unpaired) electrons. The van der Waals surface area contributed by atoms with Crippen molar-refractivity contribution in [2.24, 2.45) is 0 Å². The average Bonchev–Trinajstić information content (AvgIpc) is 2.41. The second-order valence-electron chi connectivity index (χ2n) is 5.96. The lowest BCUT2D eigenvalue weighted by Crippen LogP contribution is -2.35. The Morgan fingerprint density at radius 2 is 2.00 bits per heavy atom. The summed E-state index contributed by atoms with van der Waals surface area (Å²) >= 11 is 6.20. The van der Waals surface area contributed by atoms with Crippen molar-refractivity contribution in [3.8, 4) is 5.75 Å². The topological polar surface area (TPSA) is 50.7 Å². The van der Waals surface area contributed by atoms with E-state index in [1.165, 1.54) is 0 Å². The van der Waals surface area contributed by atoms with Crippen LogP contribution in [0.25, 0.3) is 0 Å². The van der Waals surface area contributed by atoms with Crippen molar-refractivity contribution < 1.29 is 14.6 Å². The number of hydrogen-bond donors (Lipinski definition) is 2. The highest BCUT2D eigenvalue weighted by Gasteiger charge is 2.14. The largest absolute Gasteiger partial charge is 0.489 e. The van der Waals surface area contributed by atoms with Crippen LogP contribution in [0.3, 0.4) is 0 Å². The molecule has 0 fully saturated rings. The molecule has 120 valence electrons. The van der Waals surface area contributed by atoms with E-state index in [-0.39, 0.29) is 18.8 Å².